The minimum Gasteiger partial charge on any atom is -0.344 e. The molecule has 0 heterocycles. The van der Waals surface area contributed by atoms with E-state index >= 15 is 0 Å². The minimum atomic E-state index is -0.699. The molecule has 0 bridgehead atoms. The van der Waals surface area contributed by atoms with Crippen LogP contribution in [-0.4, -0.2) is 5.91 Å². The maximum absolute atomic E-state index is 12.8. The normalized spacial score (nSPS) is 11.6. The van der Waals surface area contributed by atoms with Crippen molar-refractivity contribution in [2.45, 2.75) is 25.9 Å². The lowest BCUT2D eigenvalue weighted by Gasteiger charge is -2.22. The van der Waals surface area contributed by atoms with Gasteiger partial charge in [0.25, 0.3) is 0 Å². The lowest BCUT2D eigenvalue weighted by Crippen LogP contribution is -2.37. The van der Waals surface area contributed by atoms with Crippen molar-refractivity contribution in [1.82, 2.24) is 5.32 Å². The molecule has 1 amide bonds. The Morgan fingerprint density at radius 1 is 0.741 bits per heavy atom. The molecule has 3 nitrogen and oxygen atoms in total. The van der Waals surface area contributed by atoms with Gasteiger partial charge in [-0.25, -0.2) is 0 Å². The molecule has 0 aromatic heterocycles. The highest BCUT2D eigenvalue weighted by Gasteiger charge is 2.22. The molecule has 3 aromatic carbocycles. The topological polar surface area (TPSA) is 55.1 Å². The van der Waals surface area contributed by atoms with Gasteiger partial charge in [-0.15, -0.1) is 0 Å². The number of carbonyl (C=O) groups excluding carboxylic acids is 1. The molecule has 0 aliphatic heterocycles. The number of nitrogens with two attached hydrogens (primary N) is 1. The molecule has 0 saturated carbocycles. The molecule has 0 radical (unpaired) electrons. The Balaban J connectivity index is 0.00000261. The molecule has 4 heteroatoms. The molecule has 3 aromatic rings. The second-order valence-corrected chi connectivity index (χ2v) is 6.65. The Hall–Kier alpha value is -2.48. The Labute approximate surface area is 164 Å². The highest BCUT2D eigenvalue weighted by Crippen LogP contribution is 2.24. The van der Waals surface area contributed by atoms with Gasteiger partial charge in [0, 0.05) is 0 Å². The third-order valence-corrected chi connectivity index (χ3v) is 4.55. The molecule has 0 aliphatic rings. The SMILES string of the molecule is Cc1ccc(C(NC(=O)C(N)c2ccccc2)c2ccc(C)cc2)cc1.P. The fraction of sp³-hybridized carbons (Fsp3) is 0.174. The van der Waals surface area contributed by atoms with Crippen molar-refractivity contribution < 1.29 is 4.79 Å². The van der Waals surface area contributed by atoms with Gasteiger partial charge >= 0.3 is 0 Å². The molecule has 140 valence electrons. The molecule has 2 atom stereocenters. The Morgan fingerprint density at radius 3 is 1.63 bits per heavy atom. The van der Waals surface area contributed by atoms with E-state index in [1.807, 2.05) is 54.6 Å². The molecule has 0 aliphatic carbocycles. The van der Waals surface area contributed by atoms with Crippen LogP contribution in [0.2, 0.25) is 0 Å². The zero-order valence-corrected chi connectivity index (χ0v) is 17.3. The van der Waals surface area contributed by atoms with Gasteiger partial charge in [-0.05, 0) is 30.5 Å². The van der Waals surface area contributed by atoms with Gasteiger partial charge < -0.3 is 11.1 Å². The van der Waals surface area contributed by atoms with Gasteiger partial charge in [0.1, 0.15) is 6.04 Å². The first-order valence-electron chi connectivity index (χ1n) is 8.78. The summed E-state index contributed by atoms with van der Waals surface area (Å²) in [5.41, 5.74) is 11.4. The zero-order valence-electron chi connectivity index (χ0n) is 15.9. The third kappa shape index (κ3) is 5.26. The van der Waals surface area contributed by atoms with Gasteiger partial charge in [-0.2, -0.15) is 9.90 Å². The number of carbonyl (C=O) groups is 1. The zero-order chi connectivity index (χ0) is 18.5. The van der Waals surface area contributed by atoms with E-state index < -0.39 is 6.04 Å². The molecule has 27 heavy (non-hydrogen) atoms. The van der Waals surface area contributed by atoms with Crippen LogP contribution >= 0.6 is 9.90 Å². The lowest BCUT2D eigenvalue weighted by molar-refractivity contribution is -0.123. The first-order chi connectivity index (χ1) is 12.5. The minimum absolute atomic E-state index is 0. The van der Waals surface area contributed by atoms with Crippen molar-refractivity contribution in [2.24, 2.45) is 5.73 Å². The summed E-state index contributed by atoms with van der Waals surface area (Å²) in [7, 11) is 0. The highest BCUT2D eigenvalue weighted by atomic mass is 31.0. The smallest absolute Gasteiger partial charge is 0.242 e. The maximum Gasteiger partial charge on any atom is 0.242 e. The molecule has 3 N–H and O–H groups in total. The van der Waals surface area contributed by atoms with Crippen LogP contribution in [0, 0.1) is 13.8 Å². The van der Waals surface area contributed by atoms with E-state index in [2.05, 4.69) is 43.4 Å². The molecule has 2 unspecified atom stereocenters. The monoisotopic (exact) mass is 378 g/mol. The van der Waals surface area contributed by atoms with Gasteiger partial charge in [0.05, 0.1) is 6.04 Å². The molecule has 0 saturated heterocycles. The van der Waals surface area contributed by atoms with Gasteiger partial charge in [-0.3, -0.25) is 4.79 Å². The number of benzene rings is 3. The Kier molecular flexibility index (Phi) is 7.29. The van der Waals surface area contributed by atoms with E-state index in [0.717, 1.165) is 16.7 Å². The maximum atomic E-state index is 12.8. The highest BCUT2D eigenvalue weighted by molar-refractivity contribution is 6.92. The van der Waals surface area contributed by atoms with Gasteiger partial charge in [0.2, 0.25) is 5.91 Å². The summed E-state index contributed by atoms with van der Waals surface area (Å²) in [6.07, 6.45) is 0. The van der Waals surface area contributed by atoms with E-state index in [4.69, 9.17) is 5.73 Å². The summed E-state index contributed by atoms with van der Waals surface area (Å²) < 4.78 is 0. The van der Waals surface area contributed by atoms with Gasteiger partial charge in [0.15, 0.2) is 0 Å². The van der Waals surface area contributed by atoms with Gasteiger partial charge in [-0.1, -0.05) is 90.0 Å². The molecule has 0 fully saturated rings. The fourth-order valence-corrected chi connectivity index (χ4v) is 2.92. The van der Waals surface area contributed by atoms with Crippen LogP contribution in [0.4, 0.5) is 0 Å². The van der Waals surface area contributed by atoms with Crippen molar-refractivity contribution in [2.75, 3.05) is 0 Å². The van der Waals surface area contributed by atoms with Crippen molar-refractivity contribution >= 4 is 15.8 Å². The Morgan fingerprint density at radius 2 is 1.19 bits per heavy atom. The number of amides is 1. The number of nitrogens with one attached hydrogen (secondary N) is 1. The number of hydrogen-bond donors (Lipinski definition) is 2. The second kappa shape index (κ2) is 9.45. The fourth-order valence-electron chi connectivity index (χ4n) is 2.92. The van der Waals surface area contributed by atoms with Crippen LogP contribution in [0.3, 0.4) is 0 Å². The van der Waals surface area contributed by atoms with E-state index in [-0.39, 0.29) is 21.8 Å². The third-order valence-electron chi connectivity index (χ3n) is 4.55. The van der Waals surface area contributed by atoms with Crippen molar-refractivity contribution in [3.63, 3.8) is 0 Å². The van der Waals surface area contributed by atoms with Crippen LogP contribution in [0.5, 0.6) is 0 Å². The predicted octanol–water partition coefficient (Wildman–Crippen LogP) is 4.27. The largest absolute Gasteiger partial charge is 0.344 e. The Bertz CT molecular complexity index is 816. The number of hydrogen-bond acceptors (Lipinski definition) is 2. The van der Waals surface area contributed by atoms with E-state index in [0.29, 0.717) is 0 Å². The quantitative estimate of drug-likeness (QED) is 0.652. The number of rotatable bonds is 5. The van der Waals surface area contributed by atoms with Crippen molar-refractivity contribution in [3.05, 3.63) is 107 Å². The summed E-state index contributed by atoms with van der Waals surface area (Å²) in [4.78, 5) is 12.8. The summed E-state index contributed by atoms with van der Waals surface area (Å²) >= 11 is 0. The van der Waals surface area contributed by atoms with Crippen LogP contribution in [0.25, 0.3) is 0 Å². The standard InChI is InChI=1S/C23H24N2O.H3P/c1-16-8-12-19(13-9-16)22(20-14-10-17(2)11-15-20)25-23(26)21(24)18-6-4-3-5-7-18;/h3-15,21-22H,24H2,1-2H3,(H,25,26);1H3. The second-order valence-electron chi connectivity index (χ2n) is 6.65. The molecular weight excluding hydrogens is 351 g/mol. The first-order valence-corrected chi connectivity index (χ1v) is 8.78. The summed E-state index contributed by atoms with van der Waals surface area (Å²) in [5.74, 6) is -0.192. The summed E-state index contributed by atoms with van der Waals surface area (Å²) in [6, 6.07) is 24.9. The predicted molar refractivity (Wildman–Crippen MR) is 117 cm³/mol. The molecule has 0 spiro atoms. The molecule has 3 rings (SSSR count). The first kappa shape index (κ1) is 20.8. The van der Waals surface area contributed by atoms with Crippen LogP contribution < -0.4 is 11.1 Å². The lowest BCUT2D eigenvalue weighted by atomic mass is 9.96. The van der Waals surface area contributed by atoms with Crippen molar-refractivity contribution in [3.8, 4) is 0 Å². The summed E-state index contributed by atoms with van der Waals surface area (Å²) in [6.45, 7) is 4.10. The van der Waals surface area contributed by atoms with Crippen LogP contribution in [0.15, 0.2) is 78.9 Å². The van der Waals surface area contributed by atoms with E-state index in [1.165, 1.54) is 11.1 Å². The van der Waals surface area contributed by atoms with E-state index in [1.54, 1.807) is 0 Å². The number of aryl methyl sites for hydroxylation is 2. The van der Waals surface area contributed by atoms with Crippen LogP contribution in [-0.2, 0) is 4.79 Å². The average molecular weight is 378 g/mol. The van der Waals surface area contributed by atoms with Crippen molar-refractivity contribution in [1.29, 1.82) is 0 Å². The average Bonchev–Trinajstić information content (AvgIpc) is 2.67. The van der Waals surface area contributed by atoms with Crippen LogP contribution in [0.1, 0.15) is 39.9 Å². The van der Waals surface area contributed by atoms with E-state index in [9.17, 15) is 4.79 Å². The molecular formula is C23H27N2OP. The summed E-state index contributed by atoms with van der Waals surface area (Å²) in [5, 5.41) is 3.12.